The van der Waals surface area contributed by atoms with E-state index in [9.17, 15) is 5.11 Å². The van der Waals surface area contributed by atoms with Gasteiger partial charge in [0.15, 0.2) is 0 Å². The molecular weight excluding hydrogens is 250 g/mol. The summed E-state index contributed by atoms with van der Waals surface area (Å²) >= 11 is 0. The third kappa shape index (κ3) is 3.31. The minimum Gasteiger partial charge on any atom is -0.386 e. The molecule has 100 valence electrons. The topological polar surface area (TPSA) is 33.1 Å². The number of aliphatic hydroxyl groups is 1. The van der Waals surface area contributed by atoms with E-state index in [1.165, 1.54) is 0 Å². The lowest BCUT2D eigenvalue weighted by Crippen LogP contribution is -2.48. The third-order valence-corrected chi connectivity index (χ3v) is 6.80. The molecule has 0 amide bonds. The first-order valence-corrected chi connectivity index (χ1v) is 9.82. The van der Waals surface area contributed by atoms with Crippen LogP contribution in [0.4, 0.5) is 0 Å². The number of hydrogen-bond acceptors (Lipinski definition) is 2. The fourth-order valence-electron chi connectivity index (χ4n) is 2.61. The van der Waals surface area contributed by atoms with Gasteiger partial charge in [-0.2, -0.15) is 0 Å². The van der Waals surface area contributed by atoms with Gasteiger partial charge in [-0.25, -0.2) is 0 Å². The van der Waals surface area contributed by atoms with E-state index in [0.29, 0.717) is 0 Å². The van der Waals surface area contributed by atoms with Gasteiger partial charge in [0.1, 0.15) is 8.07 Å². The van der Waals surface area contributed by atoms with E-state index < -0.39 is 13.7 Å². The van der Waals surface area contributed by atoms with Crippen molar-refractivity contribution in [1.82, 2.24) is 4.98 Å². The summed E-state index contributed by atoms with van der Waals surface area (Å²) in [7, 11) is -1.76. The Morgan fingerprint density at radius 1 is 1.05 bits per heavy atom. The molecule has 0 saturated carbocycles. The predicted molar refractivity (Wildman–Crippen MR) is 82.2 cm³/mol. The minimum atomic E-state index is -1.76. The number of benzene rings is 1. The van der Waals surface area contributed by atoms with Gasteiger partial charge in [0.25, 0.3) is 0 Å². The molecule has 0 aliphatic rings. The van der Waals surface area contributed by atoms with Crippen molar-refractivity contribution in [2.75, 3.05) is 0 Å². The molecule has 2 aromatic rings. The van der Waals surface area contributed by atoms with E-state index in [0.717, 1.165) is 16.9 Å². The Morgan fingerprint density at radius 2 is 1.68 bits per heavy atom. The van der Waals surface area contributed by atoms with Crippen LogP contribution >= 0.6 is 0 Å². The van der Waals surface area contributed by atoms with Gasteiger partial charge in [0, 0.05) is 11.5 Å². The molecule has 1 heterocycles. The van der Waals surface area contributed by atoms with Crippen molar-refractivity contribution in [3.05, 3.63) is 60.3 Å². The lowest BCUT2D eigenvalue weighted by Gasteiger charge is -2.32. The van der Waals surface area contributed by atoms with Crippen LogP contribution in [0, 0.1) is 0 Å². The number of rotatable bonds is 4. The van der Waals surface area contributed by atoms with Crippen molar-refractivity contribution in [3.8, 4) is 0 Å². The average Bonchev–Trinajstić information content (AvgIpc) is 2.40. The highest BCUT2D eigenvalue weighted by atomic mass is 28.3. The van der Waals surface area contributed by atoms with Crippen molar-refractivity contribution in [3.63, 3.8) is 0 Å². The van der Waals surface area contributed by atoms with Gasteiger partial charge in [-0.1, -0.05) is 49.5 Å². The molecule has 0 fully saturated rings. The monoisotopic (exact) mass is 271 g/mol. The van der Waals surface area contributed by atoms with Gasteiger partial charge >= 0.3 is 0 Å². The molecule has 1 unspecified atom stereocenters. The first-order valence-electron chi connectivity index (χ1n) is 6.61. The highest BCUT2D eigenvalue weighted by Crippen LogP contribution is 2.30. The summed E-state index contributed by atoms with van der Waals surface area (Å²) in [6, 6.07) is 16.7. The lowest BCUT2D eigenvalue weighted by atomic mass is 9.98. The zero-order chi connectivity index (χ0) is 13.9. The summed E-state index contributed by atoms with van der Waals surface area (Å²) in [5.74, 6) is 0. The largest absolute Gasteiger partial charge is 0.386 e. The second-order valence-corrected chi connectivity index (χ2v) is 10.5. The van der Waals surface area contributed by atoms with E-state index in [-0.39, 0.29) is 0 Å². The average molecular weight is 271 g/mol. The zero-order valence-electron chi connectivity index (χ0n) is 11.8. The van der Waals surface area contributed by atoms with Gasteiger partial charge in [-0.3, -0.25) is 4.98 Å². The molecule has 1 N–H and O–H groups in total. The van der Waals surface area contributed by atoms with E-state index in [2.05, 4.69) is 24.1 Å². The fraction of sp³-hybridized carbons (Fsp3) is 0.312. The molecular formula is C16H21NOSi. The Kier molecular flexibility index (Phi) is 3.87. The van der Waals surface area contributed by atoms with Gasteiger partial charge in [0.2, 0.25) is 0 Å². The van der Waals surface area contributed by atoms with Crippen molar-refractivity contribution >= 4 is 13.4 Å². The summed E-state index contributed by atoms with van der Waals surface area (Å²) in [5.41, 5.74) is 0.181. The maximum atomic E-state index is 10.8. The van der Waals surface area contributed by atoms with E-state index in [1.54, 1.807) is 0 Å². The number of pyridine rings is 1. The van der Waals surface area contributed by atoms with Crippen LogP contribution in [0.2, 0.25) is 19.1 Å². The molecule has 2 nitrogen and oxygen atoms in total. The lowest BCUT2D eigenvalue weighted by molar-refractivity contribution is 0.0772. The first kappa shape index (κ1) is 14.0. The van der Waals surface area contributed by atoms with Crippen molar-refractivity contribution in [2.24, 2.45) is 0 Å². The van der Waals surface area contributed by atoms with E-state index >= 15 is 0 Å². The molecule has 0 aliphatic carbocycles. The number of nitrogens with zero attached hydrogens (tertiary/aromatic N) is 1. The number of aromatic nitrogens is 1. The molecule has 0 spiro atoms. The third-order valence-electron chi connectivity index (χ3n) is 3.54. The highest BCUT2D eigenvalue weighted by Gasteiger charge is 2.35. The minimum absolute atomic E-state index is 0.765. The molecule has 2 rings (SSSR count). The molecule has 0 aliphatic heterocycles. The normalized spacial score (nSPS) is 14.9. The van der Waals surface area contributed by atoms with Crippen LogP contribution < -0.4 is 5.32 Å². The second-order valence-electron chi connectivity index (χ2n) is 5.92. The van der Waals surface area contributed by atoms with Crippen LogP contribution in [0.1, 0.15) is 12.5 Å². The Balaban J connectivity index is 2.25. The van der Waals surface area contributed by atoms with Gasteiger partial charge in [-0.15, -0.1) is 0 Å². The SMILES string of the molecule is CC(O)(C[Si](C)(C)c1ccccn1)c1ccccc1. The fourth-order valence-corrected chi connectivity index (χ4v) is 5.69. The second kappa shape index (κ2) is 5.27. The molecule has 19 heavy (non-hydrogen) atoms. The van der Waals surface area contributed by atoms with Gasteiger partial charge in [-0.05, 0) is 30.7 Å². The van der Waals surface area contributed by atoms with E-state index in [4.69, 9.17) is 0 Å². The standard InChI is InChI=1S/C16H21NOSi/c1-16(18,14-9-5-4-6-10-14)13-19(2,3)15-11-7-8-12-17-15/h4-12,18H,13H2,1-3H3. The Bertz CT molecular complexity index is 473. The molecule has 1 atom stereocenters. The van der Waals surface area contributed by atoms with Gasteiger partial charge in [0.05, 0.1) is 5.60 Å². The van der Waals surface area contributed by atoms with Crippen molar-refractivity contribution in [1.29, 1.82) is 0 Å². The Labute approximate surface area is 116 Å². The van der Waals surface area contributed by atoms with Crippen LogP contribution in [-0.2, 0) is 5.60 Å². The highest BCUT2D eigenvalue weighted by molar-refractivity contribution is 6.89. The summed E-state index contributed by atoms with van der Waals surface area (Å²) in [6.45, 7) is 6.42. The zero-order valence-corrected chi connectivity index (χ0v) is 12.8. The molecule has 0 radical (unpaired) electrons. The number of hydrogen-bond donors (Lipinski definition) is 1. The Morgan fingerprint density at radius 3 is 2.26 bits per heavy atom. The molecule has 0 bridgehead atoms. The maximum absolute atomic E-state index is 10.8. The van der Waals surface area contributed by atoms with Crippen molar-refractivity contribution < 1.29 is 5.11 Å². The van der Waals surface area contributed by atoms with Crippen molar-refractivity contribution in [2.45, 2.75) is 31.7 Å². The summed E-state index contributed by atoms with van der Waals surface area (Å²) in [6.07, 6.45) is 1.83. The summed E-state index contributed by atoms with van der Waals surface area (Å²) in [5, 5.41) is 11.9. The first-order chi connectivity index (χ1) is 8.92. The van der Waals surface area contributed by atoms with Crippen LogP contribution in [-0.4, -0.2) is 18.2 Å². The van der Waals surface area contributed by atoms with Crippen LogP contribution in [0.3, 0.4) is 0 Å². The van der Waals surface area contributed by atoms with Gasteiger partial charge < -0.3 is 5.11 Å². The van der Waals surface area contributed by atoms with Crippen LogP contribution in [0.5, 0.6) is 0 Å². The maximum Gasteiger partial charge on any atom is 0.107 e. The smallest absolute Gasteiger partial charge is 0.107 e. The van der Waals surface area contributed by atoms with E-state index in [1.807, 2.05) is 55.6 Å². The molecule has 1 aromatic heterocycles. The molecule has 1 aromatic carbocycles. The summed E-state index contributed by atoms with van der Waals surface area (Å²) < 4.78 is 0. The van der Waals surface area contributed by atoms with Crippen LogP contribution in [0.25, 0.3) is 0 Å². The summed E-state index contributed by atoms with van der Waals surface area (Å²) in [4.78, 5) is 4.48. The molecule has 0 saturated heterocycles. The Hall–Kier alpha value is -1.45. The van der Waals surface area contributed by atoms with Crippen LogP contribution in [0.15, 0.2) is 54.7 Å². The quantitative estimate of drug-likeness (QED) is 0.867. The predicted octanol–water partition coefficient (Wildman–Crippen LogP) is 2.90. The molecule has 3 heteroatoms.